The normalized spacial score (nSPS) is 10.2. The van der Waals surface area contributed by atoms with Crippen molar-refractivity contribution in [3.8, 4) is 0 Å². The number of ketones is 1. The predicted octanol–water partition coefficient (Wildman–Crippen LogP) is 2.08. The maximum Gasteiger partial charge on any atom is 0.337 e. The summed E-state index contributed by atoms with van der Waals surface area (Å²) in [5.41, 5.74) is -0.0801. The van der Waals surface area contributed by atoms with Crippen molar-refractivity contribution in [2.75, 3.05) is 0 Å². The number of aromatic nitrogens is 1. The molecule has 0 amide bonds. The molecular formula is C12H8FNO3. The van der Waals surface area contributed by atoms with E-state index in [9.17, 15) is 14.0 Å². The van der Waals surface area contributed by atoms with Gasteiger partial charge in [0.25, 0.3) is 0 Å². The average molecular weight is 233 g/mol. The van der Waals surface area contributed by atoms with Crippen LogP contribution in [0.25, 0.3) is 0 Å². The van der Waals surface area contributed by atoms with E-state index in [1.165, 1.54) is 36.5 Å². The van der Waals surface area contributed by atoms with Gasteiger partial charge < -0.3 is 10.1 Å². The summed E-state index contributed by atoms with van der Waals surface area (Å²) in [6.45, 7) is 0. The first-order valence-corrected chi connectivity index (χ1v) is 4.80. The monoisotopic (exact) mass is 233 g/mol. The molecule has 2 rings (SSSR count). The highest BCUT2D eigenvalue weighted by Crippen LogP contribution is 2.13. The Labute approximate surface area is 95.7 Å². The Bertz CT molecular complexity index is 589. The fourth-order valence-corrected chi connectivity index (χ4v) is 1.44. The summed E-state index contributed by atoms with van der Waals surface area (Å²) in [6, 6.07) is 6.71. The molecule has 0 aliphatic carbocycles. The van der Waals surface area contributed by atoms with Crippen molar-refractivity contribution in [3.05, 3.63) is 59.2 Å². The van der Waals surface area contributed by atoms with E-state index in [1.807, 2.05) is 0 Å². The second-order valence-corrected chi connectivity index (χ2v) is 3.42. The highest BCUT2D eigenvalue weighted by atomic mass is 19.1. The smallest absolute Gasteiger partial charge is 0.337 e. The predicted molar refractivity (Wildman–Crippen MR) is 57.6 cm³/mol. The van der Waals surface area contributed by atoms with Crippen LogP contribution in [0.2, 0.25) is 0 Å². The number of hydrogen-bond donors (Lipinski definition) is 2. The molecule has 0 atom stereocenters. The third-order valence-corrected chi connectivity index (χ3v) is 2.29. The van der Waals surface area contributed by atoms with Gasteiger partial charge in [0.2, 0.25) is 5.78 Å². The van der Waals surface area contributed by atoms with Crippen molar-refractivity contribution in [1.82, 2.24) is 4.98 Å². The first-order valence-electron chi connectivity index (χ1n) is 4.80. The first kappa shape index (κ1) is 11.1. The summed E-state index contributed by atoms with van der Waals surface area (Å²) < 4.78 is 13.3. The number of carboxylic acids is 1. The molecule has 0 aliphatic heterocycles. The number of aromatic carboxylic acids is 1. The Kier molecular flexibility index (Phi) is 2.74. The van der Waals surface area contributed by atoms with Crippen LogP contribution in [0.4, 0.5) is 4.39 Å². The Balaban J connectivity index is 2.37. The van der Waals surface area contributed by atoms with Crippen LogP contribution in [0.15, 0.2) is 36.5 Å². The van der Waals surface area contributed by atoms with Crippen LogP contribution in [0.3, 0.4) is 0 Å². The molecule has 0 spiro atoms. The second kappa shape index (κ2) is 4.21. The van der Waals surface area contributed by atoms with E-state index in [0.29, 0.717) is 0 Å². The van der Waals surface area contributed by atoms with Crippen LogP contribution in [-0.4, -0.2) is 21.8 Å². The number of rotatable bonds is 3. The van der Waals surface area contributed by atoms with Gasteiger partial charge in [0.15, 0.2) is 0 Å². The zero-order valence-electron chi connectivity index (χ0n) is 8.61. The third-order valence-electron chi connectivity index (χ3n) is 2.29. The van der Waals surface area contributed by atoms with Gasteiger partial charge in [0.05, 0.1) is 16.8 Å². The molecule has 1 heterocycles. The molecule has 2 N–H and O–H groups in total. The minimum absolute atomic E-state index is 0.0373. The van der Waals surface area contributed by atoms with Crippen LogP contribution in [-0.2, 0) is 0 Å². The van der Waals surface area contributed by atoms with Gasteiger partial charge >= 0.3 is 5.97 Å². The number of carbonyl (C=O) groups excluding carboxylic acids is 1. The van der Waals surface area contributed by atoms with Gasteiger partial charge in [-0.05, 0) is 18.2 Å². The summed E-state index contributed by atoms with van der Waals surface area (Å²) in [6.07, 6.45) is 1.19. The molecule has 1 aromatic heterocycles. The van der Waals surface area contributed by atoms with E-state index in [4.69, 9.17) is 5.11 Å². The number of H-pyrrole nitrogens is 1. The molecule has 86 valence electrons. The Morgan fingerprint density at radius 1 is 1.24 bits per heavy atom. The molecule has 0 fully saturated rings. The molecular weight excluding hydrogens is 225 g/mol. The molecule has 0 saturated carbocycles. The van der Waals surface area contributed by atoms with E-state index in [-0.39, 0.29) is 16.8 Å². The topological polar surface area (TPSA) is 70.2 Å². The van der Waals surface area contributed by atoms with Crippen LogP contribution in [0.5, 0.6) is 0 Å². The van der Waals surface area contributed by atoms with Gasteiger partial charge in [-0.2, -0.15) is 0 Å². The van der Waals surface area contributed by atoms with Gasteiger partial charge in [-0.1, -0.05) is 12.1 Å². The number of nitrogens with one attached hydrogen (secondary N) is 1. The van der Waals surface area contributed by atoms with E-state index in [2.05, 4.69) is 4.98 Å². The van der Waals surface area contributed by atoms with Crippen LogP contribution in [0.1, 0.15) is 26.4 Å². The summed E-state index contributed by atoms with van der Waals surface area (Å²) >= 11 is 0. The zero-order chi connectivity index (χ0) is 12.4. The fraction of sp³-hybridized carbons (Fsp3) is 0. The van der Waals surface area contributed by atoms with E-state index < -0.39 is 17.6 Å². The largest absolute Gasteiger partial charge is 0.478 e. The Morgan fingerprint density at radius 3 is 2.53 bits per heavy atom. The number of benzene rings is 1. The fourth-order valence-electron chi connectivity index (χ4n) is 1.44. The summed E-state index contributed by atoms with van der Waals surface area (Å²) in [7, 11) is 0. The summed E-state index contributed by atoms with van der Waals surface area (Å²) in [5.74, 6) is -2.35. The van der Waals surface area contributed by atoms with Gasteiger partial charge in [-0.3, -0.25) is 4.79 Å². The van der Waals surface area contributed by atoms with Crippen molar-refractivity contribution in [2.24, 2.45) is 0 Å². The standard InChI is InChI=1S/C12H8FNO3/c13-9-4-2-1-3-8(9)11(15)10-5-7(6-14-10)12(16)17/h1-6,14H,(H,16,17). The Hall–Kier alpha value is -2.43. The molecule has 0 unspecified atom stereocenters. The lowest BCUT2D eigenvalue weighted by Gasteiger charge is -1.99. The molecule has 0 aliphatic rings. The molecule has 0 radical (unpaired) electrons. The van der Waals surface area contributed by atoms with Gasteiger partial charge in [0.1, 0.15) is 5.82 Å². The van der Waals surface area contributed by atoms with Crippen LogP contribution < -0.4 is 0 Å². The molecule has 4 nitrogen and oxygen atoms in total. The van der Waals surface area contributed by atoms with E-state index >= 15 is 0 Å². The van der Waals surface area contributed by atoms with Crippen LogP contribution >= 0.6 is 0 Å². The highest BCUT2D eigenvalue weighted by molar-refractivity contribution is 6.09. The number of carboxylic acid groups (broad SMARTS) is 1. The molecule has 2 aromatic rings. The van der Waals surface area contributed by atoms with Crippen molar-refractivity contribution < 1.29 is 19.1 Å². The second-order valence-electron chi connectivity index (χ2n) is 3.42. The summed E-state index contributed by atoms with van der Waals surface area (Å²) in [5, 5.41) is 8.70. The van der Waals surface area contributed by atoms with Gasteiger partial charge in [0, 0.05) is 6.20 Å². The number of carbonyl (C=O) groups is 2. The van der Waals surface area contributed by atoms with Crippen molar-refractivity contribution in [2.45, 2.75) is 0 Å². The lowest BCUT2D eigenvalue weighted by molar-refractivity contribution is 0.0697. The lowest BCUT2D eigenvalue weighted by atomic mass is 10.1. The van der Waals surface area contributed by atoms with Gasteiger partial charge in [-0.15, -0.1) is 0 Å². The van der Waals surface area contributed by atoms with Crippen LogP contribution in [0, 0.1) is 5.82 Å². The van der Waals surface area contributed by atoms with Crippen molar-refractivity contribution >= 4 is 11.8 Å². The maximum atomic E-state index is 13.3. The molecule has 17 heavy (non-hydrogen) atoms. The highest BCUT2D eigenvalue weighted by Gasteiger charge is 2.16. The zero-order valence-corrected chi connectivity index (χ0v) is 8.61. The third kappa shape index (κ3) is 2.08. The maximum absolute atomic E-state index is 13.3. The quantitative estimate of drug-likeness (QED) is 0.797. The van der Waals surface area contributed by atoms with Crippen molar-refractivity contribution in [3.63, 3.8) is 0 Å². The number of halogens is 1. The van der Waals surface area contributed by atoms with E-state index in [1.54, 1.807) is 0 Å². The molecule has 5 heteroatoms. The molecule has 1 aromatic carbocycles. The Morgan fingerprint density at radius 2 is 1.94 bits per heavy atom. The average Bonchev–Trinajstić information content (AvgIpc) is 2.78. The SMILES string of the molecule is O=C(O)c1c[nH]c(C(=O)c2ccccc2F)c1. The molecule has 0 saturated heterocycles. The van der Waals surface area contributed by atoms with Gasteiger partial charge in [-0.25, -0.2) is 9.18 Å². The molecule has 0 bridgehead atoms. The minimum atomic E-state index is -1.14. The number of hydrogen-bond acceptors (Lipinski definition) is 2. The lowest BCUT2D eigenvalue weighted by Crippen LogP contribution is -2.04. The summed E-state index contributed by atoms with van der Waals surface area (Å²) in [4.78, 5) is 25.0. The minimum Gasteiger partial charge on any atom is -0.478 e. The van der Waals surface area contributed by atoms with E-state index in [0.717, 1.165) is 0 Å². The number of aromatic amines is 1. The first-order chi connectivity index (χ1) is 8.09. The van der Waals surface area contributed by atoms with Crippen molar-refractivity contribution in [1.29, 1.82) is 0 Å².